The van der Waals surface area contributed by atoms with E-state index in [1.165, 1.54) is 12.1 Å². The quantitative estimate of drug-likeness (QED) is 0.928. The third kappa shape index (κ3) is 3.41. The third-order valence-electron chi connectivity index (χ3n) is 3.11. The maximum Gasteiger partial charge on any atom is 0.231 e. The molecule has 0 aliphatic heterocycles. The normalized spacial score (nSPS) is 12.0. The number of halogens is 1. The third-order valence-corrected chi connectivity index (χ3v) is 3.11. The van der Waals surface area contributed by atoms with Gasteiger partial charge in [0.15, 0.2) is 0 Å². The molecule has 104 valence electrons. The number of benzene rings is 1. The lowest BCUT2D eigenvalue weighted by Crippen LogP contribution is -2.19. The molecule has 1 atom stereocenters. The lowest BCUT2D eigenvalue weighted by Gasteiger charge is -2.13. The zero-order valence-corrected chi connectivity index (χ0v) is 11.8. The van der Waals surface area contributed by atoms with Crippen molar-refractivity contribution >= 4 is 11.6 Å². The van der Waals surface area contributed by atoms with Crippen LogP contribution in [0, 0.1) is 19.7 Å². The number of nitrogens with zero attached hydrogens (tertiary/aromatic N) is 1. The molecule has 0 fully saturated rings. The summed E-state index contributed by atoms with van der Waals surface area (Å²) in [6.07, 6.45) is 0. The standard InChI is InChI=1S/C16H17FN2O/c1-10-8-15(9-11(2)18-10)19-16(20)12(3)13-4-6-14(17)7-5-13/h4-9,12H,1-3H3,(H,18,19,20). The van der Waals surface area contributed by atoms with E-state index in [2.05, 4.69) is 10.3 Å². The summed E-state index contributed by atoms with van der Waals surface area (Å²) in [4.78, 5) is 16.5. The fraction of sp³-hybridized carbons (Fsp3) is 0.250. The summed E-state index contributed by atoms with van der Waals surface area (Å²) >= 11 is 0. The second kappa shape index (κ2) is 5.82. The average Bonchev–Trinajstić information content (AvgIpc) is 2.37. The van der Waals surface area contributed by atoms with Crippen LogP contribution in [0.3, 0.4) is 0 Å². The number of aromatic nitrogens is 1. The van der Waals surface area contributed by atoms with Crippen LogP contribution in [0.15, 0.2) is 36.4 Å². The molecule has 0 aliphatic carbocycles. The Morgan fingerprint density at radius 2 is 1.70 bits per heavy atom. The van der Waals surface area contributed by atoms with E-state index in [0.717, 1.165) is 22.6 Å². The first kappa shape index (κ1) is 14.2. The van der Waals surface area contributed by atoms with Gasteiger partial charge in [-0.1, -0.05) is 12.1 Å². The zero-order chi connectivity index (χ0) is 14.7. The van der Waals surface area contributed by atoms with Gasteiger partial charge < -0.3 is 5.32 Å². The Bertz CT molecular complexity index is 603. The van der Waals surface area contributed by atoms with E-state index in [9.17, 15) is 9.18 Å². The van der Waals surface area contributed by atoms with Gasteiger partial charge in [-0.05, 0) is 50.6 Å². The smallest absolute Gasteiger partial charge is 0.231 e. The van der Waals surface area contributed by atoms with Gasteiger partial charge in [-0.15, -0.1) is 0 Å². The molecule has 1 aromatic heterocycles. The van der Waals surface area contributed by atoms with Gasteiger partial charge in [-0.3, -0.25) is 9.78 Å². The van der Waals surface area contributed by atoms with Crippen LogP contribution in [0.2, 0.25) is 0 Å². The number of anilines is 1. The topological polar surface area (TPSA) is 42.0 Å². The summed E-state index contributed by atoms with van der Waals surface area (Å²) in [5, 5.41) is 2.86. The van der Waals surface area contributed by atoms with Gasteiger partial charge in [-0.25, -0.2) is 4.39 Å². The number of pyridine rings is 1. The fourth-order valence-electron chi connectivity index (χ4n) is 2.06. The van der Waals surface area contributed by atoms with E-state index in [0.29, 0.717) is 0 Å². The monoisotopic (exact) mass is 272 g/mol. The van der Waals surface area contributed by atoms with E-state index in [-0.39, 0.29) is 17.6 Å². The molecule has 1 unspecified atom stereocenters. The van der Waals surface area contributed by atoms with Crippen molar-refractivity contribution in [3.8, 4) is 0 Å². The minimum atomic E-state index is -0.343. The number of nitrogens with one attached hydrogen (secondary N) is 1. The van der Waals surface area contributed by atoms with Gasteiger partial charge in [0, 0.05) is 17.1 Å². The highest BCUT2D eigenvalue weighted by Gasteiger charge is 2.15. The van der Waals surface area contributed by atoms with Crippen LogP contribution in [-0.2, 0) is 4.79 Å². The van der Waals surface area contributed by atoms with Gasteiger partial charge >= 0.3 is 0 Å². The van der Waals surface area contributed by atoms with E-state index >= 15 is 0 Å². The van der Waals surface area contributed by atoms with Crippen molar-refractivity contribution in [2.24, 2.45) is 0 Å². The van der Waals surface area contributed by atoms with E-state index in [4.69, 9.17) is 0 Å². The minimum absolute atomic E-state index is 0.124. The van der Waals surface area contributed by atoms with Crippen molar-refractivity contribution in [3.05, 3.63) is 59.2 Å². The van der Waals surface area contributed by atoms with Crippen molar-refractivity contribution in [2.75, 3.05) is 5.32 Å². The molecule has 2 aromatic rings. The Morgan fingerprint density at radius 3 is 2.25 bits per heavy atom. The largest absolute Gasteiger partial charge is 0.325 e. The number of hydrogen-bond donors (Lipinski definition) is 1. The number of carbonyl (C=O) groups is 1. The van der Waals surface area contributed by atoms with Crippen LogP contribution < -0.4 is 5.32 Å². The molecule has 1 N–H and O–H groups in total. The van der Waals surface area contributed by atoms with E-state index < -0.39 is 0 Å². The minimum Gasteiger partial charge on any atom is -0.325 e. The molecule has 0 aliphatic rings. The zero-order valence-electron chi connectivity index (χ0n) is 11.8. The first-order valence-corrected chi connectivity index (χ1v) is 6.47. The molecule has 3 nitrogen and oxygen atoms in total. The van der Waals surface area contributed by atoms with E-state index in [1.807, 2.05) is 26.0 Å². The average molecular weight is 272 g/mol. The highest BCUT2D eigenvalue weighted by molar-refractivity contribution is 5.95. The molecule has 20 heavy (non-hydrogen) atoms. The Hall–Kier alpha value is -2.23. The second-order valence-electron chi connectivity index (χ2n) is 4.90. The number of hydrogen-bond acceptors (Lipinski definition) is 2. The van der Waals surface area contributed by atoms with Crippen molar-refractivity contribution in [2.45, 2.75) is 26.7 Å². The summed E-state index contributed by atoms with van der Waals surface area (Å²) in [6.45, 7) is 5.56. The fourth-order valence-corrected chi connectivity index (χ4v) is 2.06. The van der Waals surface area contributed by atoms with Gasteiger partial charge in [0.05, 0.1) is 5.92 Å². The number of amides is 1. The number of aryl methyl sites for hydroxylation is 2. The first-order valence-electron chi connectivity index (χ1n) is 6.47. The summed E-state index contributed by atoms with van der Waals surface area (Å²) < 4.78 is 12.9. The van der Waals surface area contributed by atoms with Crippen LogP contribution in [-0.4, -0.2) is 10.9 Å². The van der Waals surface area contributed by atoms with Crippen molar-refractivity contribution in [3.63, 3.8) is 0 Å². The Morgan fingerprint density at radius 1 is 1.15 bits per heavy atom. The summed E-state index contributed by atoms with van der Waals surface area (Å²) in [5.74, 6) is -0.771. The highest BCUT2D eigenvalue weighted by Crippen LogP contribution is 2.19. The van der Waals surface area contributed by atoms with Crippen molar-refractivity contribution < 1.29 is 9.18 Å². The number of rotatable bonds is 3. The molecular formula is C16H17FN2O. The second-order valence-corrected chi connectivity index (χ2v) is 4.90. The lowest BCUT2D eigenvalue weighted by molar-refractivity contribution is -0.117. The maximum absolute atomic E-state index is 12.9. The lowest BCUT2D eigenvalue weighted by atomic mass is 10.0. The van der Waals surface area contributed by atoms with Gasteiger partial charge in [-0.2, -0.15) is 0 Å². The van der Waals surface area contributed by atoms with Crippen molar-refractivity contribution in [1.82, 2.24) is 4.98 Å². The first-order chi connectivity index (χ1) is 9.45. The van der Waals surface area contributed by atoms with Crippen LogP contribution in [0.1, 0.15) is 29.8 Å². The van der Waals surface area contributed by atoms with Crippen LogP contribution in [0.25, 0.3) is 0 Å². The maximum atomic E-state index is 12.9. The van der Waals surface area contributed by atoms with E-state index in [1.54, 1.807) is 19.1 Å². The van der Waals surface area contributed by atoms with Crippen LogP contribution in [0.4, 0.5) is 10.1 Å². The van der Waals surface area contributed by atoms with Gasteiger partial charge in [0.1, 0.15) is 5.82 Å². The molecule has 0 saturated heterocycles. The van der Waals surface area contributed by atoms with Gasteiger partial charge in [0.2, 0.25) is 5.91 Å². The molecule has 0 spiro atoms. The molecule has 0 saturated carbocycles. The van der Waals surface area contributed by atoms with Crippen molar-refractivity contribution in [1.29, 1.82) is 0 Å². The Kier molecular flexibility index (Phi) is 4.13. The molecule has 1 aromatic carbocycles. The highest BCUT2D eigenvalue weighted by atomic mass is 19.1. The Balaban J connectivity index is 2.13. The van der Waals surface area contributed by atoms with Gasteiger partial charge in [0.25, 0.3) is 0 Å². The molecule has 4 heteroatoms. The molecule has 1 amide bonds. The molecule has 0 radical (unpaired) electrons. The number of carbonyl (C=O) groups excluding carboxylic acids is 1. The Labute approximate surface area is 117 Å². The molecular weight excluding hydrogens is 255 g/mol. The summed E-state index contributed by atoms with van der Waals surface area (Å²) in [5.41, 5.74) is 3.23. The SMILES string of the molecule is Cc1cc(NC(=O)C(C)c2ccc(F)cc2)cc(C)n1. The molecule has 2 rings (SSSR count). The van der Waals surface area contributed by atoms with Crippen LogP contribution >= 0.6 is 0 Å². The summed E-state index contributed by atoms with van der Waals surface area (Å²) in [6, 6.07) is 9.62. The molecule has 1 heterocycles. The summed E-state index contributed by atoms with van der Waals surface area (Å²) in [7, 11) is 0. The molecule has 0 bridgehead atoms. The predicted molar refractivity (Wildman–Crippen MR) is 77.2 cm³/mol. The predicted octanol–water partition coefficient (Wildman–Crippen LogP) is 3.58. The van der Waals surface area contributed by atoms with Crippen LogP contribution in [0.5, 0.6) is 0 Å².